The highest BCUT2D eigenvalue weighted by molar-refractivity contribution is 6.36. The van der Waals surface area contributed by atoms with Crippen LogP contribution in [0, 0.1) is 0 Å². The lowest BCUT2D eigenvalue weighted by atomic mass is 10.2. The molecule has 0 aliphatic heterocycles. The highest BCUT2D eigenvalue weighted by atomic mass is 35.5. The smallest absolute Gasteiger partial charge is 0.161 e. The van der Waals surface area contributed by atoms with Crippen molar-refractivity contribution in [3.63, 3.8) is 0 Å². The van der Waals surface area contributed by atoms with Crippen molar-refractivity contribution in [3.05, 3.63) is 92.4 Å². The molecule has 0 saturated heterocycles. The fourth-order valence-corrected chi connectivity index (χ4v) is 3.36. The Morgan fingerprint density at radius 2 is 1.69 bits per heavy atom. The lowest BCUT2D eigenvalue weighted by Crippen LogP contribution is -2.06. The third-order valence-electron chi connectivity index (χ3n) is 4.09. The second-order valence-electron chi connectivity index (χ2n) is 6.12. The summed E-state index contributed by atoms with van der Waals surface area (Å²) in [7, 11) is 1.60. The summed E-state index contributed by atoms with van der Waals surface area (Å²) in [5.74, 6) is 1.26. The molecule has 150 valence electrons. The predicted molar refractivity (Wildman–Crippen MR) is 120 cm³/mol. The maximum Gasteiger partial charge on any atom is 0.161 e. The van der Waals surface area contributed by atoms with Crippen molar-refractivity contribution in [1.82, 2.24) is 5.43 Å². The molecule has 0 spiro atoms. The number of methoxy groups -OCH3 is 1. The minimum atomic E-state index is 0.393. The molecule has 3 rings (SSSR count). The van der Waals surface area contributed by atoms with E-state index in [1.165, 1.54) is 0 Å². The monoisotopic (exact) mass is 448 g/mol. The number of hydrogen-bond acceptors (Lipinski definition) is 4. The summed E-state index contributed by atoms with van der Waals surface area (Å²) in [6, 6.07) is 18.5. The Labute approximate surface area is 185 Å². The lowest BCUT2D eigenvalue weighted by Gasteiger charge is -2.11. The molecule has 0 radical (unpaired) electrons. The predicted octanol–water partition coefficient (Wildman–Crippen LogP) is 6.36. The van der Waals surface area contributed by atoms with Crippen molar-refractivity contribution >= 4 is 41.0 Å². The number of hydrazone groups is 1. The van der Waals surface area contributed by atoms with Crippen LogP contribution < -0.4 is 14.9 Å². The van der Waals surface area contributed by atoms with Crippen LogP contribution in [0.2, 0.25) is 15.1 Å². The first kappa shape index (κ1) is 21.3. The van der Waals surface area contributed by atoms with Crippen molar-refractivity contribution < 1.29 is 9.47 Å². The lowest BCUT2D eigenvalue weighted by molar-refractivity contribution is 0.284. The van der Waals surface area contributed by atoms with E-state index in [9.17, 15) is 0 Å². The van der Waals surface area contributed by atoms with E-state index in [2.05, 4.69) is 10.5 Å². The fourth-order valence-electron chi connectivity index (χ4n) is 2.62. The van der Waals surface area contributed by atoms with Gasteiger partial charge < -0.3 is 14.9 Å². The molecule has 0 unspecified atom stereocenters. The number of nitrogens with zero attached hydrogens (tertiary/aromatic N) is 1. The summed E-state index contributed by atoms with van der Waals surface area (Å²) in [4.78, 5) is 0. The molecule has 4 nitrogen and oxygen atoms in total. The van der Waals surface area contributed by atoms with Gasteiger partial charge in [-0.2, -0.15) is 5.10 Å². The van der Waals surface area contributed by atoms with Crippen molar-refractivity contribution in [2.24, 2.45) is 5.10 Å². The molecular weight excluding hydrogens is 431 g/mol. The largest absolute Gasteiger partial charge is 0.493 e. The summed E-state index contributed by atoms with van der Waals surface area (Å²) >= 11 is 18.3. The summed E-state index contributed by atoms with van der Waals surface area (Å²) in [5, 5.41) is 6.10. The SMILES string of the molecule is COc1cc(/C=N\NCc2c(Cl)cccc2Cl)ccc1OCc1cccc(Cl)c1. The van der Waals surface area contributed by atoms with E-state index in [-0.39, 0.29) is 0 Å². The molecule has 0 heterocycles. The van der Waals surface area contributed by atoms with Crippen LogP contribution in [0.4, 0.5) is 0 Å². The molecular formula is C22H19Cl3N2O2. The third kappa shape index (κ3) is 6.04. The van der Waals surface area contributed by atoms with Gasteiger partial charge in [0, 0.05) is 20.6 Å². The van der Waals surface area contributed by atoms with Crippen LogP contribution in [0.5, 0.6) is 11.5 Å². The average Bonchev–Trinajstić information content (AvgIpc) is 2.71. The standard InChI is InChI=1S/C22H19Cl3N2O2/c1-28-22-11-15(12-26-27-13-18-19(24)6-3-7-20(18)25)8-9-21(22)29-14-16-4-2-5-17(23)10-16/h2-12,27H,13-14H2,1H3/b26-12-. The van der Waals surface area contributed by atoms with E-state index in [4.69, 9.17) is 44.3 Å². The second-order valence-corrected chi connectivity index (χ2v) is 7.37. The number of ether oxygens (including phenoxy) is 2. The maximum atomic E-state index is 6.15. The maximum absolute atomic E-state index is 6.15. The zero-order valence-electron chi connectivity index (χ0n) is 15.7. The van der Waals surface area contributed by atoms with E-state index in [0.717, 1.165) is 16.7 Å². The number of benzene rings is 3. The Kier molecular flexibility index (Phi) is 7.64. The molecule has 0 bridgehead atoms. The van der Waals surface area contributed by atoms with Crippen LogP contribution in [0.15, 0.2) is 65.8 Å². The van der Waals surface area contributed by atoms with Gasteiger partial charge in [-0.1, -0.05) is 53.0 Å². The summed E-state index contributed by atoms with van der Waals surface area (Å²) < 4.78 is 11.3. The topological polar surface area (TPSA) is 42.8 Å². The van der Waals surface area contributed by atoms with Crippen LogP contribution in [0.3, 0.4) is 0 Å². The quantitative estimate of drug-likeness (QED) is 0.321. The van der Waals surface area contributed by atoms with Crippen LogP contribution in [-0.2, 0) is 13.2 Å². The van der Waals surface area contributed by atoms with Crippen LogP contribution in [0.25, 0.3) is 0 Å². The highest BCUT2D eigenvalue weighted by Gasteiger charge is 2.07. The van der Waals surface area contributed by atoms with Crippen LogP contribution in [0.1, 0.15) is 16.7 Å². The van der Waals surface area contributed by atoms with E-state index < -0.39 is 0 Å². The molecule has 0 aliphatic carbocycles. The molecule has 0 atom stereocenters. The highest BCUT2D eigenvalue weighted by Crippen LogP contribution is 2.28. The Morgan fingerprint density at radius 3 is 2.41 bits per heavy atom. The van der Waals surface area contributed by atoms with Gasteiger partial charge in [-0.05, 0) is 53.6 Å². The molecule has 3 aromatic rings. The Bertz CT molecular complexity index is 989. The summed E-state index contributed by atoms with van der Waals surface area (Å²) in [5.41, 5.74) is 5.59. The van der Waals surface area contributed by atoms with Gasteiger partial charge in [-0.3, -0.25) is 0 Å². The summed E-state index contributed by atoms with van der Waals surface area (Å²) in [6.07, 6.45) is 1.69. The second kappa shape index (κ2) is 10.4. The van der Waals surface area contributed by atoms with Gasteiger partial charge in [0.05, 0.1) is 19.9 Å². The average molecular weight is 450 g/mol. The molecule has 0 saturated carbocycles. The normalized spacial score (nSPS) is 10.9. The van der Waals surface area contributed by atoms with Crippen molar-refractivity contribution in [1.29, 1.82) is 0 Å². The van der Waals surface area contributed by atoms with Gasteiger partial charge in [-0.15, -0.1) is 0 Å². The molecule has 0 aliphatic rings. The Hall–Kier alpha value is -2.40. The van der Waals surface area contributed by atoms with Gasteiger partial charge in [-0.25, -0.2) is 0 Å². The molecule has 7 heteroatoms. The van der Waals surface area contributed by atoms with Crippen molar-refractivity contribution in [3.8, 4) is 11.5 Å². The molecule has 0 aromatic heterocycles. The third-order valence-corrected chi connectivity index (χ3v) is 5.04. The van der Waals surface area contributed by atoms with Crippen LogP contribution >= 0.6 is 34.8 Å². The minimum Gasteiger partial charge on any atom is -0.493 e. The van der Waals surface area contributed by atoms with Crippen molar-refractivity contribution in [2.45, 2.75) is 13.2 Å². The number of halogens is 3. The zero-order valence-corrected chi connectivity index (χ0v) is 17.9. The zero-order chi connectivity index (χ0) is 20.6. The minimum absolute atomic E-state index is 0.393. The molecule has 0 fully saturated rings. The Morgan fingerprint density at radius 1 is 0.931 bits per heavy atom. The molecule has 3 aromatic carbocycles. The van der Waals surface area contributed by atoms with E-state index in [0.29, 0.717) is 39.7 Å². The number of hydrogen-bond donors (Lipinski definition) is 1. The van der Waals surface area contributed by atoms with Gasteiger partial charge in [0.15, 0.2) is 11.5 Å². The van der Waals surface area contributed by atoms with Gasteiger partial charge >= 0.3 is 0 Å². The number of rotatable bonds is 8. The van der Waals surface area contributed by atoms with Gasteiger partial charge in [0.2, 0.25) is 0 Å². The first-order valence-electron chi connectivity index (χ1n) is 8.81. The van der Waals surface area contributed by atoms with E-state index >= 15 is 0 Å². The molecule has 29 heavy (non-hydrogen) atoms. The van der Waals surface area contributed by atoms with Gasteiger partial charge in [0.1, 0.15) is 6.61 Å². The number of nitrogens with one attached hydrogen (secondary N) is 1. The summed E-state index contributed by atoms with van der Waals surface area (Å²) in [6.45, 7) is 0.817. The van der Waals surface area contributed by atoms with Crippen LogP contribution in [-0.4, -0.2) is 13.3 Å². The fraction of sp³-hybridized carbons (Fsp3) is 0.136. The Balaban J connectivity index is 1.61. The molecule has 0 amide bonds. The van der Waals surface area contributed by atoms with Gasteiger partial charge in [0.25, 0.3) is 0 Å². The van der Waals surface area contributed by atoms with Crippen molar-refractivity contribution in [2.75, 3.05) is 7.11 Å². The first-order chi connectivity index (χ1) is 14.1. The first-order valence-corrected chi connectivity index (χ1v) is 9.94. The van der Waals surface area contributed by atoms with E-state index in [1.807, 2.05) is 42.5 Å². The van der Waals surface area contributed by atoms with E-state index in [1.54, 1.807) is 31.5 Å². The molecule has 1 N–H and O–H groups in total.